The Kier molecular flexibility index (Phi) is 2.20. The minimum atomic E-state index is 0.0133. The van der Waals surface area contributed by atoms with E-state index in [1.807, 2.05) is 0 Å². The molecule has 4 heteroatoms. The summed E-state index contributed by atoms with van der Waals surface area (Å²) >= 11 is 0. The summed E-state index contributed by atoms with van der Waals surface area (Å²) in [6, 6.07) is 0. The summed E-state index contributed by atoms with van der Waals surface area (Å²) in [6.07, 6.45) is 4.39. The van der Waals surface area contributed by atoms with Gasteiger partial charge in [-0.3, -0.25) is 4.79 Å². The van der Waals surface area contributed by atoms with Gasteiger partial charge in [0, 0.05) is 20.0 Å². The largest absolute Gasteiger partial charge is 0.392 e. The molecule has 1 saturated heterocycles. The highest BCUT2D eigenvalue weighted by molar-refractivity contribution is 6.40. The Morgan fingerprint density at radius 1 is 1.54 bits per heavy atom. The van der Waals surface area contributed by atoms with E-state index in [4.69, 9.17) is 4.84 Å². The van der Waals surface area contributed by atoms with Crippen molar-refractivity contribution in [2.24, 2.45) is 5.16 Å². The van der Waals surface area contributed by atoms with E-state index in [0.29, 0.717) is 5.71 Å². The highest BCUT2D eigenvalue weighted by atomic mass is 16.6. The van der Waals surface area contributed by atoms with Gasteiger partial charge in [-0.1, -0.05) is 5.16 Å². The van der Waals surface area contributed by atoms with E-state index in [0.717, 1.165) is 25.8 Å². The van der Waals surface area contributed by atoms with Crippen molar-refractivity contribution in [3.8, 4) is 0 Å². The third-order valence-corrected chi connectivity index (χ3v) is 2.64. The number of carbonyl (C=O) groups excluding carboxylic acids is 1. The second kappa shape index (κ2) is 3.36. The van der Waals surface area contributed by atoms with Gasteiger partial charge in [-0.15, -0.1) is 0 Å². The predicted octanol–water partition coefficient (Wildman–Crippen LogP) is 0.774. The molecule has 0 bridgehead atoms. The van der Waals surface area contributed by atoms with Crippen molar-refractivity contribution in [1.82, 2.24) is 4.90 Å². The van der Waals surface area contributed by atoms with Gasteiger partial charge < -0.3 is 9.74 Å². The molecule has 1 saturated carbocycles. The molecule has 1 aliphatic heterocycles. The van der Waals surface area contributed by atoms with E-state index in [1.54, 1.807) is 11.9 Å². The first kappa shape index (κ1) is 8.53. The van der Waals surface area contributed by atoms with Gasteiger partial charge in [0.25, 0.3) is 5.91 Å². The van der Waals surface area contributed by atoms with E-state index in [1.165, 1.54) is 6.42 Å². The standard InChI is InChI=1S/C9H14N2O2/c1-11-6-5-8(9(11)12)10-13-7-3-2-4-7/h7H,2-6H2,1H3/b10-8+. The highest BCUT2D eigenvalue weighted by Crippen LogP contribution is 2.22. The zero-order valence-electron chi connectivity index (χ0n) is 7.82. The van der Waals surface area contributed by atoms with Gasteiger partial charge in [0.15, 0.2) is 0 Å². The van der Waals surface area contributed by atoms with E-state index < -0.39 is 0 Å². The van der Waals surface area contributed by atoms with E-state index >= 15 is 0 Å². The summed E-state index contributed by atoms with van der Waals surface area (Å²) in [7, 11) is 1.79. The molecule has 2 fully saturated rings. The first-order valence-corrected chi connectivity index (χ1v) is 4.75. The van der Waals surface area contributed by atoms with E-state index in [-0.39, 0.29) is 12.0 Å². The lowest BCUT2D eigenvalue weighted by Gasteiger charge is -2.22. The molecule has 0 spiro atoms. The predicted molar refractivity (Wildman–Crippen MR) is 48.4 cm³/mol. The van der Waals surface area contributed by atoms with Crippen molar-refractivity contribution in [1.29, 1.82) is 0 Å². The van der Waals surface area contributed by atoms with Crippen molar-refractivity contribution in [2.45, 2.75) is 31.8 Å². The zero-order valence-corrected chi connectivity index (χ0v) is 7.82. The molecule has 0 atom stereocenters. The Balaban J connectivity index is 1.88. The monoisotopic (exact) mass is 182 g/mol. The van der Waals surface area contributed by atoms with Crippen LogP contribution in [0, 0.1) is 0 Å². The number of carbonyl (C=O) groups is 1. The van der Waals surface area contributed by atoms with Crippen LogP contribution in [0.25, 0.3) is 0 Å². The molecule has 2 rings (SSSR count). The average Bonchev–Trinajstić information content (AvgIpc) is 2.33. The summed E-state index contributed by atoms with van der Waals surface area (Å²) in [5.74, 6) is 0.0133. The number of hydrogen-bond donors (Lipinski definition) is 0. The fourth-order valence-electron chi connectivity index (χ4n) is 1.40. The fourth-order valence-corrected chi connectivity index (χ4v) is 1.40. The first-order valence-electron chi connectivity index (χ1n) is 4.75. The second-order valence-corrected chi connectivity index (χ2v) is 3.67. The van der Waals surface area contributed by atoms with Crippen LogP contribution in [0.1, 0.15) is 25.7 Å². The molecule has 13 heavy (non-hydrogen) atoms. The van der Waals surface area contributed by atoms with Crippen LogP contribution in [-0.4, -0.2) is 36.2 Å². The summed E-state index contributed by atoms with van der Waals surface area (Å²) in [4.78, 5) is 18.2. The lowest BCUT2D eigenvalue weighted by Crippen LogP contribution is -2.24. The maximum Gasteiger partial charge on any atom is 0.271 e. The third kappa shape index (κ3) is 1.66. The molecule has 0 aromatic heterocycles. The number of hydrogen-bond acceptors (Lipinski definition) is 3. The SMILES string of the molecule is CN1CC/C(=N\OC2CCC2)C1=O. The molecule has 0 unspecified atom stereocenters. The first-order chi connectivity index (χ1) is 6.27. The number of nitrogens with zero attached hydrogens (tertiary/aromatic N) is 2. The van der Waals surface area contributed by atoms with Crippen molar-refractivity contribution in [2.75, 3.05) is 13.6 Å². The van der Waals surface area contributed by atoms with E-state index in [2.05, 4.69) is 5.16 Å². The maximum atomic E-state index is 11.3. The average molecular weight is 182 g/mol. The Morgan fingerprint density at radius 2 is 2.31 bits per heavy atom. The van der Waals surface area contributed by atoms with E-state index in [9.17, 15) is 4.79 Å². The van der Waals surface area contributed by atoms with Gasteiger partial charge in [-0.2, -0.15) is 0 Å². The minimum Gasteiger partial charge on any atom is -0.392 e. The van der Waals surface area contributed by atoms with Crippen LogP contribution in [0.15, 0.2) is 5.16 Å². The van der Waals surface area contributed by atoms with Crippen LogP contribution in [0.2, 0.25) is 0 Å². The van der Waals surface area contributed by atoms with Crippen LogP contribution < -0.4 is 0 Å². The van der Waals surface area contributed by atoms with Gasteiger partial charge in [0.05, 0.1) is 0 Å². The van der Waals surface area contributed by atoms with Crippen LogP contribution >= 0.6 is 0 Å². The Morgan fingerprint density at radius 3 is 2.77 bits per heavy atom. The summed E-state index contributed by atoms with van der Waals surface area (Å²) in [5, 5.41) is 3.90. The Bertz CT molecular complexity index is 246. The molecule has 0 radical (unpaired) electrons. The van der Waals surface area contributed by atoms with Crippen molar-refractivity contribution >= 4 is 11.6 Å². The van der Waals surface area contributed by atoms with Gasteiger partial charge >= 0.3 is 0 Å². The fraction of sp³-hybridized carbons (Fsp3) is 0.778. The molecule has 0 aromatic rings. The maximum absolute atomic E-state index is 11.3. The topological polar surface area (TPSA) is 41.9 Å². The summed E-state index contributed by atoms with van der Waals surface area (Å²) in [6.45, 7) is 0.770. The Labute approximate surface area is 77.5 Å². The quantitative estimate of drug-likeness (QED) is 0.592. The molecule has 0 N–H and O–H groups in total. The third-order valence-electron chi connectivity index (χ3n) is 2.64. The lowest BCUT2D eigenvalue weighted by atomic mass is 9.97. The number of rotatable bonds is 2. The summed E-state index contributed by atoms with van der Waals surface area (Å²) in [5.41, 5.74) is 0.578. The highest BCUT2D eigenvalue weighted by Gasteiger charge is 2.26. The molecular weight excluding hydrogens is 168 g/mol. The summed E-state index contributed by atoms with van der Waals surface area (Å²) < 4.78 is 0. The molecule has 2 aliphatic rings. The number of amides is 1. The van der Waals surface area contributed by atoms with Gasteiger partial charge in [0.2, 0.25) is 0 Å². The lowest BCUT2D eigenvalue weighted by molar-refractivity contribution is -0.121. The van der Waals surface area contributed by atoms with Gasteiger partial charge in [0.1, 0.15) is 11.8 Å². The van der Waals surface area contributed by atoms with Gasteiger partial charge in [-0.25, -0.2) is 0 Å². The zero-order chi connectivity index (χ0) is 9.26. The van der Waals surface area contributed by atoms with Crippen LogP contribution in [0.4, 0.5) is 0 Å². The normalized spacial score (nSPS) is 26.7. The van der Waals surface area contributed by atoms with Crippen molar-refractivity contribution < 1.29 is 9.63 Å². The molecular formula is C9H14N2O2. The van der Waals surface area contributed by atoms with Crippen molar-refractivity contribution in [3.05, 3.63) is 0 Å². The van der Waals surface area contributed by atoms with Crippen LogP contribution in [-0.2, 0) is 9.63 Å². The van der Waals surface area contributed by atoms with Crippen LogP contribution in [0.3, 0.4) is 0 Å². The molecule has 4 nitrogen and oxygen atoms in total. The molecule has 72 valence electrons. The molecule has 1 heterocycles. The van der Waals surface area contributed by atoms with Crippen LogP contribution in [0.5, 0.6) is 0 Å². The molecule has 0 aromatic carbocycles. The number of oxime groups is 1. The molecule has 1 amide bonds. The second-order valence-electron chi connectivity index (χ2n) is 3.67. The Hall–Kier alpha value is -1.06. The van der Waals surface area contributed by atoms with Crippen molar-refractivity contribution in [3.63, 3.8) is 0 Å². The number of likely N-dealkylation sites (tertiary alicyclic amines) is 1. The minimum absolute atomic E-state index is 0.0133. The van der Waals surface area contributed by atoms with Gasteiger partial charge in [-0.05, 0) is 19.3 Å². The smallest absolute Gasteiger partial charge is 0.271 e. The molecule has 1 aliphatic carbocycles.